The Kier molecular flexibility index (Phi) is 4.11. The standard InChI is InChI=1S/C17H13ClNP/c18-14-11-12-17(19-13-14)20(15-7-3-1-4-8-15)16-9-5-2-6-10-16/h1-13H. The highest BCUT2D eigenvalue weighted by Gasteiger charge is 2.16. The van der Waals surface area contributed by atoms with Crippen LogP contribution in [0.4, 0.5) is 0 Å². The van der Waals surface area contributed by atoms with E-state index in [0.29, 0.717) is 5.02 Å². The van der Waals surface area contributed by atoms with Gasteiger partial charge in [0.15, 0.2) is 0 Å². The van der Waals surface area contributed by atoms with E-state index in [2.05, 4.69) is 53.5 Å². The van der Waals surface area contributed by atoms with Crippen LogP contribution >= 0.6 is 19.5 Å². The molecule has 0 aliphatic heterocycles. The van der Waals surface area contributed by atoms with Gasteiger partial charge in [0.25, 0.3) is 0 Å². The summed E-state index contributed by atoms with van der Waals surface area (Å²) >= 11 is 5.95. The molecule has 2 aromatic carbocycles. The molecular formula is C17H13ClNP. The SMILES string of the molecule is Clc1ccc(P(c2ccccc2)c2ccccc2)nc1. The third-order valence-corrected chi connectivity index (χ3v) is 5.55. The highest BCUT2D eigenvalue weighted by molar-refractivity contribution is 7.79. The number of pyridine rings is 1. The van der Waals surface area contributed by atoms with Crippen molar-refractivity contribution in [1.29, 1.82) is 0 Å². The largest absolute Gasteiger partial charge is 0.254 e. The second-order valence-corrected chi connectivity index (χ2v) is 6.94. The van der Waals surface area contributed by atoms with Crippen LogP contribution in [0.2, 0.25) is 5.02 Å². The van der Waals surface area contributed by atoms with Gasteiger partial charge in [-0.3, -0.25) is 4.98 Å². The van der Waals surface area contributed by atoms with E-state index in [9.17, 15) is 0 Å². The molecule has 1 heterocycles. The van der Waals surface area contributed by atoms with E-state index in [-0.39, 0.29) is 0 Å². The number of halogens is 1. The topological polar surface area (TPSA) is 12.9 Å². The molecule has 0 radical (unpaired) electrons. The van der Waals surface area contributed by atoms with Crippen LogP contribution in [0, 0.1) is 0 Å². The smallest absolute Gasteiger partial charge is 0.0722 e. The fraction of sp³-hybridized carbons (Fsp3) is 0. The van der Waals surface area contributed by atoms with Gasteiger partial charge in [-0.25, -0.2) is 0 Å². The van der Waals surface area contributed by atoms with Crippen LogP contribution in [-0.2, 0) is 0 Å². The van der Waals surface area contributed by atoms with E-state index < -0.39 is 7.92 Å². The van der Waals surface area contributed by atoms with Crippen LogP contribution < -0.4 is 16.0 Å². The first-order valence-electron chi connectivity index (χ1n) is 6.36. The Balaban J connectivity index is 2.11. The van der Waals surface area contributed by atoms with E-state index in [1.807, 2.05) is 24.3 Å². The van der Waals surface area contributed by atoms with Crippen molar-refractivity contribution in [3.05, 3.63) is 84.0 Å². The van der Waals surface area contributed by atoms with Gasteiger partial charge in [-0.1, -0.05) is 72.3 Å². The predicted molar refractivity (Wildman–Crippen MR) is 88.0 cm³/mol. The van der Waals surface area contributed by atoms with Crippen LogP contribution in [0.15, 0.2) is 79.0 Å². The van der Waals surface area contributed by atoms with Crippen molar-refractivity contribution in [3.8, 4) is 0 Å². The van der Waals surface area contributed by atoms with E-state index in [4.69, 9.17) is 11.6 Å². The van der Waals surface area contributed by atoms with Crippen molar-refractivity contribution in [1.82, 2.24) is 4.98 Å². The van der Waals surface area contributed by atoms with Crippen molar-refractivity contribution < 1.29 is 0 Å². The third-order valence-electron chi connectivity index (χ3n) is 2.97. The normalized spacial score (nSPS) is 10.7. The molecule has 0 amide bonds. The molecule has 3 heteroatoms. The van der Waals surface area contributed by atoms with Crippen molar-refractivity contribution in [3.63, 3.8) is 0 Å². The first-order valence-corrected chi connectivity index (χ1v) is 8.08. The molecule has 0 aliphatic rings. The number of nitrogens with zero attached hydrogens (tertiary/aromatic N) is 1. The molecule has 0 fully saturated rings. The van der Waals surface area contributed by atoms with E-state index >= 15 is 0 Å². The number of benzene rings is 2. The highest BCUT2D eigenvalue weighted by atomic mass is 35.5. The molecule has 0 spiro atoms. The average Bonchev–Trinajstić information content (AvgIpc) is 2.52. The summed E-state index contributed by atoms with van der Waals surface area (Å²) in [6.45, 7) is 0. The second-order valence-electron chi connectivity index (χ2n) is 4.34. The van der Waals surface area contributed by atoms with Gasteiger partial charge in [0, 0.05) is 14.1 Å². The van der Waals surface area contributed by atoms with Crippen molar-refractivity contribution in [2.75, 3.05) is 0 Å². The summed E-state index contributed by atoms with van der Waals surface area (Å²) in [5.41, 5.74) is 1.07. The van der Waals surface area contributed by atoms with Gasteiger partial charge in [-0.05, 0) is 22.7 Å². The van der Waals surface area contributed by atoms with Crippen LogP contribution in [0.5, 0.6) is 0 Å². The Morgan fingerprint density at radius 3 is 1.70 bits per heavy atom. The summed E-state index contributed by atoms with van der Waals surface area (Å²) in [7, 11) is -0.628. The van der Waals surface area contributed by atoms with Crippen molar-refractivity contribution >= 4 is 35.6 Å². The fourth-order valence-electron chi connectivity index (χ4n) is 2.07. The molecule has 98 valence electrons. The Hall–Kier alpha value is -1.69. The Bertz CT molecular complexity index is 629. The highest BCUT2D eigenvalue weighted by Crippen LogP contribution is 2.31. The minimum atomic E-state index is -0.628. The summed E-state index contributed by atoms with van der Waals surface area (Å²) in [6, 6.07) is 24.9. The minimum absolute atomic E-state index is 0.628. The molecule has 20 heavy (non-hydrogen) atoms. The molecule has 3 aromatic rings. The molecule has 0 bridgehead atoms. The number of aromatic nitrogens is 1. The predicted octanol–water partition coefficient (Wildman–Crippen LogP) is 3.49. The van der Waals surface area contributed by atoms with Crippen LogP contribution in [0.1, 0.15) is 0 Å². The number of rotatable bonds is 3. The molecule has 0 aliphatic carbocycles. The Labute approximate surface area is 125 Å². The lowest BCUT2D eigenvalue weighted by Crippen LogP contribution is -2.22. The quantitative estimate of drug-likeness (QED) is 0.674. The summed E-state index contributed by atoms with van der Waals surface area (Å²) in [4.78, 5) is 4.53. The van der Waals surface area contributed by atoms with Gasteiger partial charge in [0.05, 0.1) is 10.5 Å². The molecule has 0 unspecified atom stereocenters. The fourth-order valence-corrected chi connectivity index (χ4v) is 4.34. The molecule has 1 nitrogen and oxygen atoms in total. The maximum Gasteiger partial charge on any atom is 0.0722 e. The zero-order valence-corrected chi connectivity index (χ0v) is 12.4. The van der Waals surface area contributed by atoms with Gasteiger partial charge in [-0.2, -0.15) is 0 Å². The van der Waals surface area contributed by atoms with Crippen molar-refractivity contribution in [2.24, 2.45) is 0 Å². The summed E-state index contributed by atoms with van der Waals surface area (Å²) < 4.78 is 0. The summed E-state index contributed by atoms with van der Waals surface area (Å²) in [6.07, 6.45) is 1.72. The lowest BCUT2D eigenvalue weighted by Gasteiger charge is -2.17. The maximum absolute atomic E-state index is 5.95. The van der Waals surface area contributed by atoms with Crippen LogP contribution in [-0.4, -0.2) is 4.98 Å². The average molecular weight is 298 g/mol. The third kappa shape index (κ3) is 2.90. The zero-order chi connectivity index (χ0) is 13.8. The van der Waals surface area contributed by atoms with E-state index in [1.165, 1.54) is 10.6 Å². The van der Waals surface area contributed by atoms with Gasteiger partial charge < -0.3 is 0 Å². The Morgan fingerprint density at radius 2 is 1.25 bits per heavy atom. The van der Waals surface area contributed by atoms with Crippen LogP contribution in [0.3, 0.4) is 0 Å². The molecule has 0 atom stereocenters. The van der Waals surface area contributed by atoms with E-state index in [1.54, 1.807) is 6.20 Å². The first-order chi connectivity index (χ1) is 9.84. The second kappa shape index (κ2) is 6.17. The number of hydrogen-bond acceptors (Lipinski definition) is 1. The van der Waals surface area contributed by atoms with Gasteiger partial charge in [0.1, 0.15) is 0 Å². The molecule has 0 saturated heterocycles. The first kappa shape index (κ1) is 13.3. The van der Waals surface area contributed by atoms with E-state index in [0.717, 1.165) is 5.44 Å². The maximum atomic E-state index is 5.95. The number of hydrogen-bond donors (Lipinski definition) is 0. The monoisotopic (exact) mass is 297 g/mol. The molecule has 0 N–H and O–H groups in total. The summed E-state index contributed by atoms with van der Waals surface area (Å²) in [5.74, 6) is 0. The van der Waals surface area contributed by atoms with Crippen LogP contribution in [0.25, 0.3) is 0 Å². The minimum Gasteiger partial charge on any atom is -0.254 e. The lowest BCUT2D eigenvalue weighted by molar-refractivity contribution is 1.39. The van der Waals surface area contributed by atoms with Gasteiger partial charge in [-0.15, -0.1) is 0 Å². The Morgan fingerprint density at radius 1 is 0.700 bits per heavy atom. The zero-order valence-electron chi connectivity index (χ0n) is 10.8. The molecule has 0 saturated carbocycles. The molecule has 1 aromatic heterocycles. The molecule has 3 rings (SSSR count). The van der Waals surface area contributed by atoms with Gasteiger partial charge in [0.2, 0.25) is 0 Å². The van der Waals surface area contributed by atoms with Crippen molar-refractivity contribution in [2.45, 2.75) is 0 Å². The molecular weight excluding hydrogens is 285 g/mol. The van der Waals surface area contributed by atoms with Gasteiger partial charge >= 0.3 is 0 Å². The lowest BCUT2D eigenvalue weighted by atomic mass is 10.4. The summed E-state index contributed by atoms with van der Waals surface area (Å²) in [5, 5.41) is 3.26.